The molecular formula is C23H21N3O3S2. The highest BCUT2D eigenvalue weighted by Gasteiger charge is 2.20. The fourth-order valence-electron chi connectivity index (χ4n) is 3.19. The van der Waals surface area contributed by atoms with Crippen LogP contribution in [0, 0.1) is 13.8 Å². The van der Waals surface area contributed by atoms with Gasteiger partial charge in [0.05, 0.1) is 15.9 Å². The third-order valence-electron chi connectivity index (χ3n) is 4.67. The van der Waals surface area contributed by atoms with Crippen LogP contribution < -0.4 is 10.0 Å². The summed E-state index contributed by atoms with van der Waals surface area (Å²) in [7, 11) is -3.89. The van der Waals surface area contributed by atoms with Crippen LogP contribution in [0.1, 0.15) is 18.1 Å². The molecule has 1 amide bonds. The normalized spacial score (nSPS) is 11.5. The van der Waals surface area contributed by atoms with Crippen LogP contribution in [-0.4, -0.2) is 19.3 Å². The number of thiazole rings is 1. The summed E-state index contributed by atoms with van der Waals surface area (Å²) in [6.07, 6.45) is 0. The first kappa shape index (κ1) is 21.0. The van der Waals surface area contributed by atoms with Crippen LogP contribution in [0.15, 0.2) is 65.6 Å². The molecule has 0 radical (unpaired) electrons. The maximum atomic E-state index is 13.0. The maximum absolute atomic E-state index is 13.0. The molecule has 158 valence electrons. The van der Waals surface area contributed by atoms with Crippen molar-refractivity contribution in [3.63, 3.8) is 0 Å². The standard InChI is InChI=1S/C23H21N3O3S2/c1-14-4-10-19-21(12-14)30-23(25-19)17-6-8-18(9-7-17)26-31(28,29)22-13-15(2)5-11-20(22)24-16(3)27/h4-13,26H,1-3H3,(H,24,27). The number of benzene rings is 3. The van der Waals surface area contributed by atoms with E-state index < -0.39 is 10.0 Å². The van der Waals surface area contributed by atoms with Crippen molar-refractivity contribution < 1.29 is 13.2 Å². The number of rotatable bonds is 5. The molecule has 1 aromatic heterocycles. The Hall–Kier alpha value is -3.23. The predicted molar refractivity (Wildman–Crippen MR) is 126 cm³/mol. The van der Waals surface area contributed by atoms with E-state index in [-0.39, 0.29) is 16.5 Å². The Morgan fingerprint density at radius 2 is 1.61 bits per heavy atom. The molecule has 0 saturated carbocycles. The van der Waals surface area contributed by atoms with Crippen molar-refractivity contribution in [3.05, 3.63) is 71.8 Å². The van der Waals surface area contributed by atoms with Gasteiger partial charge in [-0.25, -0.2) is 13.4 Å². The van der Waals surface area contributed by atoms with Crippen LogP contribution in [0.4, 0.5) is 11.4 Å². The Kier molecular flexibility index (Phi) is 5.51. The number of sulfonamides is 1. The minimum Gasteiger partial charge on any atom is -0.325 e. The summed E-state index contributed by atoms with van der Waals surface area (Å²) in [6.45, 7) is 5.18. The van der Waals surface area contributed by atoms with Crippen molar-refractivity contribution in [1.82, 2.24) is 4.98 Å². The SMILES string of the molecule is CC(=O)Nc1ccc(C)cc1S(=O)(=O)Nc1ccc(-c2nc3ccc(C)cc3s2)cc1. The number of fused-ring (bicyclic) bond motifs is 1. The summed E-state index contributed by atoms with van der Waals surface area (Å²) in [5.74, 6) is -0.337. The Bertz CT molecular complexity index is 1390. The number of amides is 1. The van der Waals surface area contributed by atoms with Crippen LogP contribution in [-0.2, 0) is 14.8 Å². The van der Waals surface area contributed by atoms with E-state index in [1.165, 1.54) is 18.6 Å². The first-order valence-electron chi connectivity index (χ1n) is 9.60. The molecule has 0 unspecified atom stereocenters. The quantitative estimate of drug-likeness (QED) is 0.429. The number of carbonyl (C=O) groups excluding carboxylic acids is 1. The maximum Gasteiger partial charge on any atom is 0.263 e. The van der Waals surface area contributed by atoms with E-state index >= 15 is 0 Å². The molecule has 2 N–H and O–H groups in total. The van der Waals surface area contributed by atoms with E-state index in [0.717, 1.165) is 26.4 Å². The van der Waals surface area contributed by atoms with Crippen molar-refractivity contribution in [2.45, 2.75) is 25.7 Å². The number of aromatic nitrogens is 1. The summed E-state index contributed by atoms with van der Waals surface area (Å²) in [5, 5.41) is 3.45. The molecule has 0 aliphatic rings. The fourth-order valence-corrected chi connectivity index (χ4v) is 5.57. The van der Waals surface area contributed by atoms with Gasteiger partial charge in [-0.3, -0.25) is 9.52 Å². The largest absolute Gasteiger partial charge is 0.325 e. The van der Waals surface area contributed by atoms with Crippen molar-refractivity contribution in [3.8, 4) is 10.6 Å². The second kappa shape index (κ2) is 8.13. The van der Waals surface area contributed by atoms with Crippen molar-refractivity contribution in [2.24, 2.45) is 0 Å². The van der Waals surface area contributed by atoms with Gasteiger partial charge in [0.15, 0.2) is 0 Å². The lowest BCUT2D eigenvalue weighted by Crippen LogP contribution is -2.17. The molecule has 31 heavy (non-hydrogen) atoms. The third kappa shape index (κ3) is 4.60. The first-order chi connectivity index (χ1) is 14.7. The van der Waals surface area contributed by atoms with Gasteiger partial charge >= 0.3 is 0 Å². The van der Waals surface area contributed by atoms with Crippen LogP contribution >= 0.6 is 11.3 Å². The Labute approximate surface area is 185 Å². The van der Waals surface area contributed by atoms with Gasteiger partial charge in [0.2, 0.25) is 5.91 Å². The number of hydrogen-bond acceptors (Lipinski definition) is 5. The predicted octanol–water partition coefficient (Wildman–Crippen LogP) is 5.34. The molecule has 0 atom stereocenters. The van der Waals surface area contributed by atoms with Gasteiger partial charge in [-0.05, 0) is 73.5 Å². The minimum atomic E-state index is -3.89. The molecule has 0 bridgehead atoms. The van der Waals surface area contributed by atoms with Gasteiger partial charge in [0.25, 0.3) is 10.0 Å². The summed E-state index contributed by atoms with van der Waals surface area (Å²) in [4.78, 5) is 16.1. The molecule has 0 aliphatic heterocycles. The van der Waals surface area contributed by atoms with Crippen LogP contribution in [0.2, 0.25) is 0 Å². The minimum absolute atomic E-state index is 0.0216. The van der Waals surface area contributed by atoms with Crippen molar-refractivity contribution in [2.75, 3.05) is 10.0 Å². The number of anilines is 2. The molecule has 6 nitrogen and oxygen atoms in total. The van der Waals surface area contributed by atoms with Gasteiger partial charge in [0, 0.05) is 18.2 Å². The Morgan fingerprint density at radius 3 is 2.32 bits per heavy atom. The number of hydrogen-bond donors (Lipinski definition) is 2. The zero-order valence-corrected chi connectivity index (χ0v) is 18.9. The van der Waals surface area contributed by atoms with Crippen molar-refractivity contribution in [1.29, 1.82) is 0 Å². The summed E-state index contributed by atoms with van der Waals surface area (Å²) < 4.78 is 29.7. The highest BCUT2D eigenvalue weighted by molar-refractivity contribution is 7.92. The lowest BCUT2D eigenvalue weighted by atomic mass is 10.2. The lowest BCUT2D eigenvalue weighted by molar-refractivity contribution is -0.114. The molecule has 4 aromatic rings. The Morgan fingerprint density at radius 1 is 0.935 bits per heavy atom. The highest BCUT2D eigenvalue weighted by Crippen LogP contribution is 2.32. The first-order valence-corrected chi connectivity index (χ1v) is 11.9. The smallest absolute Gasteiger partial charge is 0.263 e. The molecular weight excluding hydrogens is 430 g/mol. The average Bonchev–Trinajstić information content (AvgIpc) is 3.12. The van der Waals surface area contributed by atoms with Crippen molar-refractivity contribution >= 4 is 48.9 Å². The number of nitrogens with one attached hydrogen (secondary N) is 2. The second-order valence-corrected chi connectivity index (χ2v) is 10.0. The average molecular weight is 452 g/mol. The highest BCUT2D eigenvalue weighted by atomic mass is 32.2. The topological polar surface area (TPSA) is 88.2 Å². The lowest BCUT2D eigenvalue weighted by Gasteiger charge is -2.13. The van der Waals surface area contributed by atoms with Gasteiger partial charge in [-0.15, -0.1) is 11.3 Å². The Balaban J connectivity index is 1.61. The van der Waals surface area contributed by atoms with Gasteiger partial charge < -0.3 is 5.32 Å². The van der Waals surface area contributed by atoms with E-state index in [1.54, 1.807) is 42.5 Å². The molecule has 4 rings (SSSR count). The van der Waals surface area contributed by atoms with Gasteiger partial charge in [0.1, 0.15) is 9.90 Å². The van der Waals surface area contributed by atoms with Crippen LogP contribution in [0.3, 0.4) is 0 Å². The third-order valence-corrected chi connectivity index (χ3v) is 7.15. The molecule has 1 heterocycles. The van der Waals surface area contributed by atoms with E-state index in [9.17, 15) is 13.2 Å². The molecule has 0 spiro atoms. The molecule has 0 fully saturated rings. The number of aryl methyl sites for hydroxylation is 2. The summed E-state index contributed by atoms with van der Waals surface area (Å²) >= 11 is 1.60. The summed E-state index contributed by atoms with van der Waals surface area (Å²) in [6, 6.07) is 18.1. The number of nitrogens with zero attached hydrogens (tertiary/aromatic N) is 1. The number of carbonyl (C=O) groups is 1. The van der Waals surface area contributed by atoms with Gasteiger partial charge in [-0.2, -0.15) is 0 Å². The van der Waals surface area contributed by atoms with Crippen LogP contribution in [0.5, 0.6) is 0 Å². The fraction of sp³-hybridized carbons (Fsp3) is 0.130. The zero-order valence-electron chi connectivity index (χ0n) is 17.3. The van der Waals surface area contributed by atoms with Crippen LogP contribution in [0.25, 0.3) is 20.8 Å². The molecule has 3 aromatic carbocycles. The van der Waals surface area contributed by atoms with E-state index in [2.05, 4.69) is 21.1 Å². The van der Waals surface area contributed by atoms with E-state index in [1.807, 2.05) is 31.2 Å². The van der Waals surface area contributed by atoms with E-state index in [0.29, 0.717) is 5.69 Å². The molecule has 0 saturated heterocycles. The zero-order chi connectivity index (χ0) is 22.2. The molecule has 0 aliphatic carbocycles. The second-order valence-electron chi connectivity index (χ2n) is 7.35. The summed E-state index contributed by atoms with van der Waals surface area (Å²) in [5.41, 5.74) is 4.48. The molecule has 8 heteroatoms. The van der Waals surface area contributed by atoms with E-state index in [4.69, 9.17) is 0 Å². The monoisotopic (exact) mass is 451 g/mol. The van der Waals surface area contributed by atoms with Gasteiger partial charge in [-0.1, -0.05) is 12.1 Å².